The van der Waals surface area contributed by atoms with Gasteiger partial charge in [-0.2, -0.15) is 0 Å². The van der Waals surface area contributed by atoms with Gasteiger partial charge in [-0.3, -0.25) is 0 Å². The second kappa shape index (κ2) is 7.81. The van der Waals surface area contributed by atoms with Gasteiger partial charge >= 0.3 is 0 Å². The van der Waals surface area contributed by atoms with E-state index in [1.54, 1.807) is 0 Å². The molecule has 0 spiro atoms. The Kier molecular flexibility index (Phi) is 5.10. The lowest BCUT2D eigenvalue weighted by atomic mass is 9.96. The van der Waals surface area contributed by atoms with E-state index in [2.05, 4.69) is 77.4 Å². The Morgan fingerprint density at radius 1 is 0.800 bits per heavy atom. The summed E-state index contributed by atoms with van der Waals surface area (Å²) in [6.45, 7) is 3.20. The van der Waals surface area contributed by atoms with E-state index >= 15 is 0 Å². The predicted molar refractivity (Wildman–Crippen MR) is 106 cm³/mol. The molecule has 1 aliphatic heterocycles. The van der Waals surface area contributed by atoms with Gasteiger partial charge in [0.15, 0.2) is 0 Å². The Labute approximate surface area is 150 Å². The summed E-state index contributed by atoms with van der Waals surface area (Å²) >= 11 is 0. The van der Waals surface area contributed by atoms with Crippen molar-refractivity contribution in [1.29, 1.82) is 0 Å². The van der Waals surface area contributed by atoms with Crippen molar-refractivity contribution in [2.75, 3.05) is 13.1 Å². The lowest BCUT2D eigenvalue weighted by molar-refractivity contribution is 0.545. The Hall–Kier alpha value is -2.16. The smallest absolute Gasteiger partial charge is 0.0211 e. The fraction of sp³-hybridized carbons (Fsp3) is 0.304. The highest BCUT2D eigenvalue weighted by atomic mass is 15.0. The van der Waals surface area contributed by atoms with Crippen LogP contribution in [0.4, 0.5) is 0 Å². The Balaban J connectivity index is 1.47. The minimum absolute atomic E-state index is 0.617. The number of fused-ring (bicyclic) bond motifs is 1. The van der Waals surface area contributed by atoms with E-state index < -0.39 is 0 Å². The lowest BCUT2D eigenvalue weighted by Crippen LogP contribution is -2.30. The van der Waals surface area contributed by atoms with E-state index in [0.29, 0.717) is 6.04 Å². The molecule has 128 valence electrons. The van der Waals surface area contributed by atoms with Crippen molar-refractivity contribution in [3.05, 3.63) is 83.4 Å². The number of hydrogen-bond donors (Lipinski definition) is 2. The molecule has 1 fully saturated rings. The predicted octanol–water partition coefficient (Wildman–Crippen LogP) is 4.08. The van der Waals surface area contributed by atoms with Crippen LogP contribution in [-0.2, 0) is 19.4 Å². The van der Waals surface area contributed by atoms with Gasteiger partial charge in [0.1, 0.15) is 0 Å². The Morgan fingerprint density at radius 3 is 2.40 bits per heavy atom. The largest absolute Gasteiger partial charge is 0.315 e. The number of benzene rings is 3. The van der Waals surface area contributed by atoms with Gasteiger partial charge in [-0.05, 0) is 53.3 Å². The first-order valence-electron chi connectivity index (χ1n) is 9.38. The summed E-state index contributed by atoms with van der Waals surface area (Å²) in [5.41, 5.74) is 4.35. The maximum absolute atomic E-state index is 3.70. The molecule has 0 radical (unpaired) electrons. The molecule has 1 heterocycles. The van der Waals surface area contributed by atoms with Gasteiger partial charge in [-0.15, -0.1) is 0 Å². The SMILES string of the molecule is c1ccc(CNC2CCNC2)c(CCc2cccc3ccccc23)c1. The van der Waals surface area contributed by atoms with Gasteiger partial charge < -0.3 is 10.6 Å². The minimum atomic E-state index is 0.617. The van der Waals surface area contributed by atoms with Crippen LogP contribution in [0.2, 0.25) is 0 Å². The van der Waals surface area contributed by atoms with Crippen molar-refractivity contribution in [3.8, 4) is 0 Å². The van der Waals surface area contributed by atoms with Crippen molar-refractivity contribution >= 4 is 10.8 Å². The molecule has 0 aromatic heterocycles. The van der Waals surface area contributed by atoms with Crippen molar-refractivity contribution in [2.24, 2.45) is 0 Å². The minimum Gasteiger partial charge on any atom is -0.315 e. The summed E-state index contributed by atoms with van der Waals surface area (Å²) in [6.07, 6.45) is 3.41. The van der Waals surface area contributed by atoms with Crippen LogP contribution in [0.3, 0.4) is 0 Å². The zero-order valence-corrected chi connectivity index (χ0v) is 14.7. The summed E-state index contributed by atoms with van der Waals surface area (Å²) in [5.74, 6) is 0. The molecule has 0 aliphatic carbocycles. The monoisotopic (exact) mass is 330 g/mol. The van der Waals surface area contributed by atoms with Crippen molar-refractivity contribution in [1.82, 2.24) is 10.6 Å². The third-order valence-corrected chi connectivity index (χ3v) is 5.30. The molecule has 0 saturated carbocycles. The summed E-state index contributed by atoms with van der Waals surface area (Å²) in [7, 11) is 0. The number of hydrogen-bond acceptors (Lipinski definition) is 2. The van der Waals surface area contributed by atoms with Crippen LogP contribution in [0.1, 0.15) is 23.1 Å². The standard InChI is InChI=1S/C23H26N2/c1-2-8-21(16-25-22-14-15-24-17-22)18(6-1)12-13-20-10-5-9-19-7-3-4-11-23(19)20/h1-11,22,24-25H,12-17H2. The molecule has 2 nitrogen and oxygen atoms in total. The van der Waals surface area contributed by atoms with Crippen LogP contribution in [0, 0.1) is 0 Å². The third kappa shape index (κ3) is 3.92. The maximum Gasteiger partial charge on any atom is 0.0211 e. The average Bonchev–Trinajstić information content (AvgIpc) is 3.19. The number of nitrogens with one attached hydrogen (secondary N) is 2. The van der Waals surface area contributed by atoms with Gasteiger partial charge in [-0.1, -0.05) is 66.7 Å². The zero-order chi connectivity index (χ0) is 16.9. The highest BCUT2D eigenvalue weighted by Crippen LogP contribution is 2.21. The Bertz CT molecular complexity index is 829. The first-order valence-corrected chi connectivity index (χ1v) is 9.38. The van der Waals surface area contributed by atoms with Crippen molar-refractivity contribution in [3.63, 3.8) is 0 Å². The van der Waals surface area contributed by atoms with E-state index in [9.17, 15) is 0 Å². The highest BCUT2D eigenvalue weighted by Gasteiger charge is 2.14. The van der Waals surface area contributed by atoms with Crippen LogP contribution in [0.5, 0.6) is 0 Å². The van der Waals surface area contributed by atoms with Gasteiger partial charge in [0, 0.05) is 19.1 Å². The molecule has 1 unspecified atom stereocenters. The van der Waals surface area contributed by atoms with Gasteiger partial charge in [-0.25, -0.2) is 0 Å². The summed E-state index contributed by atoms with van der Waals surface area (Å²) in [4.78, 5) is 0. The lowest BCUT2D eigenvalue weighted by Gasteiger charge is -2.15. The molecule has 3 aromatic rings. The molecule has 1 aliphatic rings. The normalized spacial score (nSPS) is 17.2. The summed E-state index contributed by atoms with van der Waals surface area (Å²) in [6, 6.07) is 24.8. The van der Waals surface area contributed by atoms with Crippen molar-refractivity contribution in [2.45, 2.75) is 31.8 Å². The van der Waals surface area contributed by atoms with Gasteiger partial charge in [0.2, 0.25) is 0 Å². The number of aryl methyl sites for hydroxylation is 2. The fourth-order valence-corrected chi connectivity index (χ4v) is 3.84. The zero-order valence-electron chi connectivity index (χ0n) is 14.7. The molecule has 4 rings (SSSR count). The fourth-order valence-electron chi connectivity index (χ4n) is 3.84. The van der Waals surface area contributed by atoms with E-state index in [1.807, 2.05) is 0 Å². The summed E-state index contributed by atoms with van der Waals surface area (Å²) in [5, 5.41) is 9.85. The van der Waals surface area contributed by atoms with E-state index in [4.69, 9.17) is 0 Å². The van der Waals surface area contributed by atoms with Crippen LogP contribution >= 0.6 is 0 Å². The van der Waals surface area contributed by atoms with Crippen LogP contribution in [0.25, 0.3) is 10.8 Å². The Morgan fingerprint density at radius 2 is 1.52 bits per heavy atom. The van der Waals surface area contributed by atoms with E-state index in [1.165, 1.54) is 33.9 Å². The highest BCUT2D eigenvalue weighted by molar-refractivity contribution is 5.85. The second-order valence-corrected chi connectivity index (χ2v) is 6.98. The van der Waals surface area contributed by atoms with Gasteiger partial charge in [0.25, 0.3) is 0 Å². The first-order chi connectivity index (χ1) is 12.4. The van der Waals surface area contributed by atoms with Gasteiger partial charge in [0.05, 0.1) is 0 Å². The van der Waals surface area contributed by atoms with E-state index in [0.717, 1.165) is 32.5 Å². The second-order valence-electron chi connectivity index (χ2n) is 6.98. The molecular formula is C23H26N2. The molecule has 0 amide bonds. The molecule has 2 heteroatoms. The van der Waals surface area contributed by atoms with Crippen LogP contribution in [-0.4, -0.2) is 19.1 Å². The van der Waals surface area contributed by atoms with Crippen molar-refractivity contribution < 1.29 is 0 Å². The summed E-state index contributed by atoms with van der Waals surface area (Å²) < 4.78 is 0. The topological polar surface area (TPSA) is 24.1 Å². The maximum atomic E-state index is 3.70. The third-order valence-electron chi connectivity index (χ3n) is 5.30. The quantitative estimate of drug-likeness (QED) is 0.712. The molecular weight excluding hydrogens is 304 g/mol. The molecule has 25 heavy (non-hydrogen) atoms. The average molecular weight is 330 g/mol. The molecule has 0 bridgehead atoms. The first kappa shape index (κ1) is 16.3. The van der Waals surface area contributed by atoms with Crippen LogP contribution < -0.4 is 10.6 Å². The molecule has 1 atom stereocenters. The number of rotatable bonds is 6. The van der Waals surface area contributed by atoms with Crippen LogP contribution in [0.15, 0.2) is 66.7 Å². The van der Waals surface area contributed by atoms with E-state index in [-0.39, 0.29) is 0 Å². The molecule has 3 aromatic carbocycles. The molecule has 2 N–H and O–H groups in total. The molecule has 1 saturated heterocycles.